The molecule has 0 nitrogen and oxygen atoms in total. The molecule has 0 N–H and O–H groups in total. The molecule has 0 aliphatic heterocycles. The van der Waals surface area contributed by atoms with Crippen LogP contribution in [-0.4, -0.2) is 0 Å². The average molecular weight is 409 g/mol. The highest BCUT2D eigenvalue weighted by molar-refractivity contribution is 5.20. The molecule has 0 spiro atoms. The molecule has 0 fully saturated rings. The van der Waals surface area contributed by atoms with E-state index in [0.29, 0.717) is 0 Å². The van der Waals surface area contributed by atoms with Gasteiger partial charge < -0.3 is 0 Å². The number of allylic oxidation sites excluding steroid dienone is 13. The lowest BCUT2D eigenvalue weighted by Crippen LogP contribution is -1.83. The minimum Gasteiger partial charge on any atom is -0.0991 e. The fourth-order valence-corrected chi connectivity index (χ4v) is 3.29. The zero-order chi connectivity index (χ0) is 21.8. The fourth-order valence-electron chi connectivity index (χ4n) is 3.29. The maximum atomic E-state index is 3.63. The summed E-state index contributed by atoms with van der Waals surface area (Å²) in [6.45, 7) is 5.92. The van der Waals surface area contributed by atoms with Crippen molar-refractivity contribution in [2.45, 2.75) is 103 Å². The van der Waals surface area contributed by atoms with Crippen LogP contribution in [0.4, 0.5) is 0 Å². The molecule has 0 atom stereocenters. The van der Waals surface area contributed by atoms with E-state index in [1.54, 1.807) is 6.08 Å². The Morgan fingerprint density at radius 1 is 0.400 bits per heavy atom. The summed E-state index contributed by atoms with van der Waals surface area (Å²) in [5.74, 6) is 0. The monoisotopic (exact) mass is 408 g/mol. The minimum atomic E-state index is 1.20. The molecule has 0 aromatic heterocycles. The Morgan fingerprint density at radius 3 is 1.13 bits per heavy atom. The van der Waals surface area contributed by atoms with E-state index in [2.05, 4.69) is 43.9 Å². The molecule has 0 saturated heterocycles. The molecule has 0 bridgehead atoms. The number of rotatable bonds is 21. The summed E-state index contributed by atoms with van der Waals surface area (Å²) < 4.78 is 0. The van der Waals surface area contributed by atoms with Crippen LogP contribution >= 0.6 is 0 Å². The lowest BCUT2D eigenvalue weighted by atomic mass is 10.0. The summed E-state index contributed by atoms with van der Waals surface area (Å²) in [7, 11) is 0. The Labute approximate surface area is 188 Å². The third kappa shape index (κ3) is 26.2. The molecule has 0 unspecified atom stereocenters. The normalized spacial score (nSPS) is 12.8. The summed E-state index contributed by atoms with van der Waals surface area (Å²) in [6, 6.07) is 0. The van der Waals surface area contributed by atoms with Gasteiger partial charge in [0, 0.05) is 0 Å². The second-order valence-corrected chi connectivity index (χ2v) is 7.97. The summed E-state index contributed by atoms with van der Waals surface area (Å²) in [6.07, 6.45) is 47.6. The minimum absolute atomic E-state index is 1.20. The third-order valence-electron chi connectivity index (χ3n) is 5.11. The molecular weight excluding hydrogens is 360 g/mol. The molecular formula is C30H48. The van der Waals surface area contributed by atoms with Crippen LogP contribution in [0.3, 0.4) is 0 Å². The third-order valence-corrected chi connectivity index (χ3v) is 5.11. The second-order valence-electron chi connectivity index (χ2n) is 7.97. The lowest BCUT2D eigenvalue weighted by molar-refractivity contribution is 0.536. The van der Waals surface area contributed by atoms with Crippen molar-refractivity contribution < 1.29 is 0 Å². The van der Waals surface area contributed by atoms with E-state index in [1.165, 1.54) is 96.3 Å². The van der Waals surface area contributed by atoms with Crippen molar-refractivity contribution >= 4 is 0 Å². The summed E-state index contributed by atoms with van der Waals surface area (Å²) in [5, 5.41) is 0. The van der Waals surface area contributed by atoms with E-state index < -0.39 is 0 Å². The standard InChI is InChI=1S/C30H48/c1-3-5-7-9-11-13-15-17-19-21-23-25-27-29-30-28-26-24-22-20-18-16-14-12-10-8-6-4-2/h3,5,7,9,11,13,15,17,19,21,23,25,27H,1,4,6,8,10,12,14,16,18,20,22,24,26,28-30H2,2H3/b7-5+,11-9+,15-13+,19-17+,23-21+,27-25+. The van der Waals surface area contributed by atoms with E-state index in [4.69, 9.17) is 0 Å². The van der Waals surface area contributed by atoms with Crippen molar-refractivity contribution in [3.05, 3.63) is 85.6 Å². The predicted molar refractivity (Wildman–Crippen MR) is 140 cm³/mol. The van der Waals surface area contributed by atoms with Crippen LogP contribution in [0.2, 0.25) is 0 Å². The summed E-state index contributed by atoms with van der Waals surface area (Å²) in [4.78, 5) is 0. The zero-order valence-corrected chi connectivity index (χ0v) is 19.8. The average Bonchev–Trinajstić information content (AvgIpc) is 2.76. The molecule has 0 aromatic carbocycles. The van der Waals surface area contributed by atoms with Crippen LogP contribution in [0.15, 0.2) is 85.6 Å². The van der Waals surface area contributed by atoms with E-state index in [9.17, 15) is 0 Å². The molecule has 0 radical (unpaired) electrons. The van der Waals surface area contributed by atoms with Crippen molar-refractivity contribution in [1.29, 1.82) is 0 Å². The molecule has 0 aliphatic rings. The van der Waals surface area contributed by atoms with Gasteiger partial charge in [-0.1, -0.05) is 176 Å². The largest absolute Gasteiger partial charge is 0.0991 e. The number of unbranched alkanes of at least 4 members (excludes halogenated alkanes) is 14. The van der Waals surface area contributed by atoms with Gasteiger partial charge >= 0.3 is 0 Å². The van der Waals surface area contributed by atoms with Crippen molar-refractivity contribution in [2.75, 3.05) is 0 Å². The van der Waals surface area contributed by atoms with Crippen molar-refractivity contribution in [1.82, 2.24) is 0 Å². The highest BCUT2D eigenvalue weighted by Gasteiger charge is 1.93. The summed E-state index contributed by atoms with van der Waals surface area (Å²) in [5.41, 5.74) is 0. The number of hydrogen-bond acceptors (Lipinski definition) is 0. The molecule has 0 aromatic rings. The molecule has 0 saturated carbocycles. The highest BCUT2D eigenvalue weighted by Crippen LogP contribution is 2.13. The Balaban J connectivity index is 3.35. The van der Waals surface area contributed by atoms with Gasteiger partial charge in [-0.15, -0.1) is 0 Å². The molecule has 0 heteroatoms. The van der Waals surface area contributed by atoms with Crippen LogP contribution < -0.4 is 0 Å². The van der Waals surface area contributed by atoms with E-state index >= 15 is 0 Å². The van der Waals surface area contributed by atoms with Gasteiger partial charge in [-0.05, 0) is 12.8 Å². The van der Waals surface area contributed by atoms with Gasteiger partial charge in [-0.2, -0.15) is 0 Å². The quantitative estimate of drug-likeness (QED) is 0.131. The van der Waals surface area contributed by atoms with Crippen LogP contribution in [0.25, 0.3) is 0 Å². The topological polar surface area (TPSA) is 0 Å². The first kappa shape index (κ1) is 28.2. The Morgan fingerprint density at radius 2 is 0.733 bits per heavy atom. The van der Waals surface area contributed by atoms with Gasteiger partial charge in [0.2, 0.25) is 0 Å². The van der Waals surface area contributed by atoms with Crippen molar-refractivity contribution in [2.24, 2.45) is 0 Å². The van der Waals surface area contributed by atoms with E-state index in [1.807, 2.05) is 42.5 Å². The summed E-state index contributed by atoms with van der Waals surface area (Å²) >= 11 is 0. The molecule has 0 rings (SSSR count). The van der Waals surface area contributed by atoms with Crippen LogP contribution in [0.5, 0.6) is 0 Å². The van der Waals surface area contributed by atoms with Gasteiger partial charge in [0.15, 0.2) is 0 Å². The molecule has 168 valence electrons. The molecule has 30 heavy (non-hydrogen) atoms. The smallest absolute Gasteiger partial charge is 0.0348 e. The molecule has 0 amide bonds. The van der Waals surface area contributed by atoms with Crippen LogP contribution in [-0.2, 0) is 0 Å². The predicted octanol–water partition coefficient (Wildman–Crippen LogP) is 10.4. The van der Waals surface area contributed by atoms with Gasteiger partial charge in [-0.3, -0.25) is 0 Å². The molecule has 0 aliphatic carbocycles. The lowest BCUT2D eigenvalue weighted by Gasteiger charge is -2.02. The van der Waals surface area contributed by atoms with Gasteiger partial charge in [-0.25, -0.2) is 0 Å². The van der Waals surface area contributed by atoms with Crippen molar-refractivity contribution in [3.63, 3.8) is 0 Å². The Hall–Kier alpha value is -1.82. The molecule has 0 heterocycles. The fraction of sp³-hybridized carbons (Fsp3) is 0.533. The van der Waals surface area contributed by atoms with Gasteiger partial charge in [0.25, 0.3) is 0 Å². The maximum absolute atomic E-state index is 3.63. The second kappa shape index (κ2) is 27.2. The van der Waals surface area contributed by atoms with E-state index in [0.717, 1.165) is 0 Å². The van der Waals surface area contributed by atoms with Gasteiger partial charge in [0.1, 0.15) is 0 Å². The highest BCUT2D eigenvalue weighted by atomic mass is 14.0. The first-order valence-electron chi connectivity index (χ1n) is 12.5. The zero-order valence-electron chi connectivity index (χ0n) is 19.8. The van der Waals surface area contributed by atoms with Crippen LogP contribution in [0, 0.1) is 0 Å². The van der Waals surface area contributed by atoms with Gasteiger partial charge in [0.05, 0.1) is 0 Å². The first-order valence-corrected chi connectivity index (χ1v) is 12.5. The maximum Gasteiger partial charge on any atom is -0.0348 e. The van der Waals surface area contributed by atoms with Crippen LogP contribution in [0.1, 0.15) is 103 Å². The first-order chi connectivity index (χ1) is 14.9. The van der Waals surface area contributed by atoms with E-state index in [-0.39, 0.29) is 0 Å². The Kier molecular flexibility index (Phi) is 25.5. The SMILES string of the molecule is C=C/C=C/C=C/C=C/C=C/C=C/C=C/CCCCCCCCCCCCCCCC. The number of hydrogen-bond donors (Lipinski definition) is 0. The Bertz CT molecular complexity index is 510. The van der Waals surface area contributed by atoms with Crippen molar-refractivity contribution in [3.8, 4) is 0 Å².